The van der Waals surface area contributed by atoms with Crippen molar-refractivity contribution in [2.75, 3.05) is 0 Å². The summed E-state index contributed by atoms with van der Waals surface area (Å²) in [7, 11) is 0. The first-order valence-electron chi connectivity index (χ1n) is 6.12. The lowest BCUT2D eigenvalue weighted by Gasteiger charge is -2.16. The molecule has 0 saturated carbocycles. The van der Waals surface area contributed by atoms with Gasteiger partial charge in [0.1, 0.15) is 11.6 Å². The SMILES string of the molecule is CCc1occc1C(Cc1ccc(F)c(Cl)c1)NN. The van der Waals surface area contributed by atoms with Gasteiger partial charge in [-0.1, -0.05) is 24.6 Å². The van der Waals surface area contributed by atoms with Crippen LogP contribution in [0.5, 0.6) is 0 Å². The number of hydrogen-bond donors (Lipinski definition) is 2. The fraction of sp³-hybridized carbons (Fsp3) is 0.286. The lowest BCUT2D eigenvalue weighted by atomic mass is 9.99. The molecule has 0 saturated heterocycles. The van der Waals surface area contributed by atoms with Crippen LogP contribution < -0.4 is 11.3 Å². The van der Waals surface area contributed by atoms with Crippen molar-refractivity contribution in [3.05, 3.63) is 58.3 Å². The molecular weight excluding hydrogens is 267 g/mol. The summed E-state index contributed by atoms with van der Waals surface area (Å²) in [6.07, 6.45) is 3.06. The van der Waals surface area contributed by atoms with E-state index in [0.29, 0.717) is 6.42 Å². The zero-order chi connectivity index (χ0) is 13.8. The molecule has 5 heteroatoms. The van der Waals surface area contributed by atoms with Gasteiger partial charge in [-0.2, -0.15) is 0 Å². The van der Waals surface area contributed by atoms with E-state index in [1.54, 1.807) is 18.4 Å². The summed E-state index contributed by atoms with van der Waals surface area (Å²) in [5, 5.41) is 0.121. The van der Waals surface area contributed by atoms with Crippen LogP contribution in [-0.2, 0) is 12.8 Å². The molecule has 0 fully saturated rings. The van der Waals surface area contributed by atoms with Gasteiger partial charge in [0, 0.05) is 12.0 Å². The summed E-state index contributed by atoms with van der Waals surface area (Å²) in [5.74, 6) is 6.09. The van der Waals surface area contributed by atoms with Crippen LogP contribution >= 0.6 is 11.6 Å². The van der Waals surface area contributed by atoms with Gasteiger partial charge < -0.3 is 4.42 Å². The molecule has 1 aromatic carbocycles. The van der Waals surface area contributed by atoms with Crippen molar-refractivity contribution in [3.63, 3.8) is 0 Å². The topological polar surface area (TPSA) is 51.2 Å². The Balaban J connectivity index is 2.21. The molecule has 2 rings (SSSR count). The maximum Gasteiger partial charge on any atom is 0.141 e. The molecule has 1 heterocycles. The average Bonchev–Trinajstić information content (AvgIpc) is 2.88. The fourth-order valence-corrected chi connectivity index (χ4v) is 2.31. The Hall–Kier alpha value is -1.36. The fourth-order valence-electron chi connectivity index (χ4n) is 2.11. The van der Waals surface area contributed by atoms with Crippen molar-refractivity contribution in [1.29, 1.82) is 0 Å². The predicted molar refractivity (Wildman–Crippen MR) is 73.3 cm³/mol. The first-order chi connectivity index (χ1) is 9.15. The number of benzene rings is 1. The third kappa shape index (κ3) is 3.15. The molecule has 3 N–H and O–H groups in total. The minimum atomic E-state index is -0.416. The molecule has 0 bridgehead atoms. The minimum Gasteiger partial charge on any atom is -0.469 e. The molecule has 1 unspecified atom stereocenters. The number of rotatable bonds is 5. The number of nitrogens with two attached hydrogens (primary N) is 1. The predicted octanol–water partition coefficient (Wildman–Crippen LogP) is 3.38. The number of aryl methyl sites for hydroxylation is 1. The van der Waals surface area contributed by atoms with E-state index in [9.17, 15) is 4.39 Å². The quantitative estimate of drug-likeness (QED) is 0.653. The van der Waals surface area contributed by atoms with E-state index in [4.69, 9.17) is 21.9 Å². The highest BCUT2D eigenvalue weighted by molar-refractivity contribution is 6.30. The van der Waals surface area contributed by atoms with E-state index < -0.39 is 5.82 Å². The van der Waals surface area contributed by atoms with E-state index in [1.807, 2.05) is 13.0 Å². The average molecular weight is 283 g/mol. The summed E-state index contributed by atoms with van der Waals surface area (Å²) in [5.41, 5.74) is 4.70. The zero-order valence-electron chi connectivity index (χ0n) is 10.6. The first-order valence-corrected chi connectivity index (χ1v) is 6.49. The highest BCUT2D eigenvalue weighted by Crippen LogP contribution is 2.25. The summed E-state index contributed by atoms with van der Waals surface area (Å²) in [6, 6.07) is 6.50. The molecule has 0 aliphatic carbocycles. The van der Waals surface area contributed by atoms with Gasteiger partial charge in [-0.25, -0.2) is 4.39 Å². The van der Waals surface area contributed by atoms with E-state index in [-0.39, 0.29) is 11.1 Å². The molecule has 102 valence electrons. The van der Waals surface area contributed by atoms with Gasteiger partial charge in [0.25, 0.3) is 0 Å². The van der Waals surface area contributed by atoms with Crippen LogP contribution in [0.4, 0.5) is 4.39 Å². The van der Waals surface area contributed by atoms with Gasteiger partial charge in [0.15, 0.2) is 0 Å². The van der Waals surface area contributed by atoms with Crippen LogP contribution in [0, 0.1) is 5.82 Å². The zero-order valence-corrected chi connectivity index (χ0v) is 11.4. The molecular formula is C14H16ClFN2O. The Morgan fingerprint density at radius 2 is 2.21 bits per heavy atom. The summed E-state index contributed by atoms with van der Waals surface area (Å²) >= 11 is 5.78. The van der Waals surface area contributed by atoms with Crippen LogP contribution in [-0.4, -0.2) is 0 Å². The Kier molecular flexibility index (Phi) is 4.58. The van der Waals surface area contributed by atoms with Gasteiger partial charge in [0.05, 0.1) is 17.3 Å². The number of furan rings is 1. The minimum absolute atomic E-state index is 0.0878. The van der Waals surface area contributed by atoms with Crippen molar-refractivity contribution in [1.82, 2.24) is 5.43 Å². The molecule has 3 nitrogen and oxygen atoms in total. The van der Waals surface area contributed by atoms with Gasteiger partial charge in [-0.15, -0.1) is 0 Å². The molecule has 0 aliphatic heterocycles. The van der Waals surface area contributed by atoms with Gasteiger partial charge in [-0.05, 0) is 30.2 Å². The summed E-state index contributed by atoms with van der Waals surface area (Å²) < 4.78 is 18.5. The molecule has 2 aromatic rings. The normalized spacial score (nSPS) is 12.6. The number of hydrogen-bond acceptors (Lipinski definition) is 3. The molecule has 0 amide bonds. The Morgan fingerprint density at radius 1 is 1.42 bits per heavy atom. The van der Waals surface area contributed by atoms with Crippen LogP contribution in [0.15, 0.2) is 34.9 Å². The first kappa shape index (κ1) is 14.1. The van der Waals surface area contributed by atoms with Crippen LogP contribution in [0.25, 0.3) is 0 Å². The second kappa shape index (κ2) is 6.19. The number of nitrogens with one attached hydrogen (secondary N) is 1. The molecule has 0 spiro atoms. The lowest BCUT2D eigenvalue weighted by Crippen LogP contribution is -2.29. The second-order valence-corrected chi connectivity index (χ2v) is 4.73. The molecule has 1 atom stereocenters. The monoisotopic (exact) mass is 282 g/mol. The second-order valence-electron chi connectivity index (χ2n) is 4.32. The Labute approximate surface area is 116 Å². The van der Waals surface area contributed by atoms with Crippen molar-refractivity contribution in [2.45, 2.75) is 25.8 Å². The van der Waals surface area contributed by atoms with Crippen LogP contribution in [0.2, 0.25) is 5.02 Å². The van der Waals surface area contributed by atoms with Gasteiger partial charge in [0.2, 0.25) is 0 Å². The molecule has 1 aromatic heterocycles. The highest BCUT2D eigenvalue weighted by atomic mass is 35.5. The third-order valence-corrected chi connectivity index (χ3v) is 3.39. The number of halogens is 2. The van der Waals surface area contributed by atoms with E-state index in [2.05, 4.69) is 5.43 Å². The lowest BCUT2D eigenvalue weighted by molar-refractivity contribution is 0.487. The Morgan fingerprint density at radius 3 is 2.84 bits per heavy atom. The summed E-state index contributed by atoms with van der Waals surface area (Å²) in [6.45, 7) is 2.02. The summed E-state index contributed by atoms with van der Waals surface area (Å²) in [4.78, 5) is 0. The highest BCUT2D eigenvalue weighted by Gasteiger charge is 2.16. The molecule has 0 aliphatic rings. The van der Waals surface area contributed by atoms with E-state index in [1.165, 1.54) is 6.07 Å². The molecule has 0 radical (unpaired) electrons. The van der Waals surface area contributed by atoms with Crippen molar-refractivity contribution < 1.29 is 8.81 Å². The Bertz CT molecular complexity index is 556. The van der Waals surface area contributed by atoms with Crippen molar-refractivity contribution in [2.24, 2.45) is 5.84 Å². The van der Waals surface area contributed by atoms with Crippen LogP contribution in [0.3, 0.4) is 0 Å². The van der Waals surface area contributed by atoms with Crippen molar-refractivity contribution >= 4 is 11.6 Å². The maximum absolute atomic E-state index is 13.1. The van der Waals surface area contributed by atoms with E-state index >= 15 is 0 Å². The van der Waals surface area contributed by atoms with Gasteiger partial charge in [-0.3, -0.25) is 11.3 Å². The largest absolute Gasteiger partial charge is 0.469 e. The van der Waals surface area contributed by atoms with Gasteiger partial charge >= 0.3 is 0 Å². The number of hydrazine groups is 1. The maximum atomic E-state index is 13.1. The third-order valence-electron chi connectivity index (χ3n) is 3.10. The smallest absolute Gasteiger partial charge is 0.141 e. The van der Waals surface area contributed by atoms with Crippen molar-refractivity contribution in [3.8, 4) is 0 Å². The standard InChI is InChI=1S/C14H16ClFN2O/c1-2-14-10(5-6-19-14)13(18-17)8-9-3-4-12(16)11(15)7-9/h3-7,13,18H,2,8,17H2,1H3. The van der Waals surface area contributed by atoms with Crippen LogP contribution in [0.1, 0.15) is 29.9 Å². The van der Waals surface area contributed by atoms with E-state index in [0.717, 1.165) is 23.3 Å². The molecule has 19 heavy (non-hydrogen) atoms.